The minimum atomic E-state index is -0.595. The van der Waals surface area contributed by atoms with Gasteiger partial charge in [0.15, 0.2) is 0 Å². The minimum Gasteiger partial charge on any atom is -0.616 e. The third-order valence-electron chi connectivity index (χ3n) is 1.35. The average Bonchev–Trinajstić information content (AvgIpc) is 1.64. The summed E-state index contributed by atoms with van der Waals surface area (Å²) in [5.41, 5.74) is 5.53. The van der Waals surface area contributed by atoms with Crippen molar-refractivity contribution in [2.45, 2.75) is 18.9 Å². The summed E-state index contributed by atoms with van der Waals surface area (Å²) in [6, 6.07) is 0.213. The monoisotopic (exact) mass is 133 g/mol. The maximum Gasteiger partial charge on any atom is 0.120 e. The van der Waals surface area contributed by atoms with Crippen molar-refractivity contribution in [1.29, 1.82) is 0 Å². The lowest BCUT2D eigenvalue weighted by molar-refractivity contribution is 0.551. The smallest absolute Gasteiger partial charge is 0.120 e. The number of hydrogen-bond donors (Lipinski definition) is 1. The Hall–Kier alpha value is 0.270. The van der Waals surface area contributed by atoms with Crippen molar-refractivity contribution in [3.05, 3.63) is 0 Å². The zero-order chi connectivity index (χ0) is 5.98. The first kappa shape index (κ1) is 6.39. The van der Waals surface area contributed by atoms with Crippen LogP contribution in [0.3, 0.4) is 0 Å². The summed E-state index contributed by atoms with van der Waals surface area (Å²) in [6.07, 6.45) is 2.11. The molecule has 0 aliphatic carbocycles. The zero-order valence-corrected chi connectivity index (χ0v) is 5.62. The van der Waals surface area contributed by atoms with Crippen molar-refractivity contribution >= 4 is 11.2 Å². The molecule has 0 aromatic rings. The van der Waals surface area contributed by atoms with Crippen LogP contribution in [0.5, 0.6) is 0 Å². The fourth-order valence-electron chi connectivity index (χ4n) is 0.912. The van der Waals surface area contributed by atoms with E-state index in [1.807, 2.05) is 0 Å². The predicted molar refractivity (Wildman–Crippen MR) is 35.1 cm³/mol. The predicted octanol–water partition coefficient (Wildman–Crippen LogP) is -0.144. The first-order chi connectivity index (χ1) is 3.79. The van der Waals surface area contributed by atoms with Crippen molar-refractivity contribution < 1.29 is 4.55 Å². The van der Waals surface area contributed by atoms with Gasteiger partial charge >= 0.3 is 0 Å². The van der Waals surface area contributed by atoms with Gasteiger partial charge < -0.3 is 10.3 Å². The van der Waals surface area contributed by atoms with Gasteiger partial charge in [0.05, 0.1) is 0 Å². The second kappa shape index (κ2) is 2.71. The van der Waals surface area contributed by atoms with Gasteiger partial charge in [-0.1, -0.05) is 11.2 Å². The molecular weight excluding hydrogens is 122 g/mol. The average molecular weight is 133 g/mol. The van der Waals surface area contributed by atoms with Gasteiger partial charge in [-0.15, -0.1) is 0 Å². The minimum absolute atomic E-state index is 0.213. The van der Waals surface area contributed by atoms with Crippen molar-refractivity contribution in [2.75, 3.05) is 11.5 Å². The molecule has 2 atom stereocenters. The van der Waals surface area contributed by atoms with Crippen LogP contribution in [0.15, 0.2) is 0 Å². The number of nitrogens with two attached hydrogens (primary N) is 1. The lowest BCUT2D eigenvalue weighted by atomic mass is 10.2. The van der Waals surface area contributed by atoms with Crippen LogP contribution in [-0.2, 0) is 11.2 Å². The second-order valence-electron chi connectivity index (χ2n) is 2.21. The van der Waals surface area contributed by atoms with Crippen LogP contribution in [0, 0.1) is 0 Å². The molecule has 1 saturated heterocycles. The number of rotatable bonds is 0. The summed E-state index contributed by atoms with van der Waals surface area (Å²) in [7, 11) is 0. The molecule has 0 saturated carbocycles. The lowest BCUT2D eigenvalue weighted by Crippen LogP contribution is -2.35. The van der Waals surface area contributed by atoms with Gasteiger partial charge in [-0.05, 0) is 12.8 Å². The molecule has 1 heterocycles. The molecule has 1 aliphatic rings. The Kier molecular flexibility index (Phi) is 2.16. The van der Waals surface area contributed by atoms with E-state index >= 15 is 0 Å². The fraction of sp³-hybridized carbons (Fsp3) is 1.00. The molecule has 1 fully saturated rings. The van der Waals surface area contributed by atoms with Crippen LogP contribution in [0.1, 0.15) is 12.8 Å². The molecule has 8 heavy (non-hydrogen) atoms. The molecule has 1 rings (SSSR count). The highest BCUT2D eigenvalue weighted by Crippen LogP contribution is 2.09. The van der Waals surface area contributed by atoms with Crippen LogP contribution in [-0.4, -0.2) is 22.1 Å². The van der Waals surface area contributed by atoms with E-state index in [9.17, 15) is 4.55 Å². The molecule has 0 bridgehead atoms. The quantitative estimate of drug-likeness (QED) is 0.467. The summed E-state index contributed by atoms with van der Waals surface area (Å²) in [5, 5.41) is 0. The summed E-state index contributed by atoms with van der Waals surface area (Å²) in [5.74, 6) is 1.59. The Balaban J connectivity index is 2.23. The zero-order valence-electron chi connectivity index (χ0n) is 4.80. The van der Waals surface area contributed by atoms with E-state index in [1.54, 1.807) is 0 Å². The van der Waals surface area contributed by atoms with Gasteiger partial charge in [-0.25, -0.2) is 0 Å². The van der Waals surface area contributed by atoms with Crippen LogP contribution in [0.4, 0.5) is 0 Å². The summed E-state index contributed by atoms with van der Waals surface area (Å²) >= 11 is -0.595. The molecule has 1 aliphatic heterocycles. The van der Waals surface area contributed by atoms with E-state index < -0.39 is 11.2 Å². The van der Waals surface area contributed by atoms with Crippen LogP contribution in [0.25, 0.3) is 0 Å². The molecule has 0 aromatic carbocycles. The Labute approximate surface area is 52.6 Å². The Morgan fingerprint density at radius 2 is 2.38 bits per heavy atom. The standard InChI is InChI=1S/C5H11NOS/c6-5-2-1-3-8(7)4-5/h5H,1-4,6H2. The van der Waals surface area contributed by atoms with Crippen molar-refractivity contribution in [2.24, 2.45) is 5.73 Å². The van der Waals surface area contributed by atoms with E-state index in [0.29, 0.717) is 0 Å². The maximum atomic E-state index is 10.7. The largest absolute Gasteiger partial charge is 0.616 e. The molecule has 0 amide bonds. The molecule has 0 radical (unpaired) electrons. The molecular formula is C5H11NOS. The highest BCUT2D eigenvalue weighted by Gasteiger charge is 2.18. The summed E-state index contributed by atoms with van der Waals surface area (Å²) in [6.45, 7) is 0. The van der Waals surface area contributed by atoms with E-state index in [0.717, 1.165) is 24.3 Å². The van der Waals surface area contributed by atoms with Crippen LogP contribution < -0.4 is 5.73 Å². The van der Waals surface area contributed by atoms with Gasteiger partial charge in [0.1, 0.15) is 11.5 Å². The van der Waals surface area contributed by atoms with Gasteiger partial charge in [-0.3, -0.25) is 0 Å². The summed E-state index contributed by atoms with van der Waals surface area (Å²) < 4.78 is 10.7. The normalized spacial score (nSPS) is 39.8. The Morgan fingerprint density at radius 1 is 1.62 bits per heavy atom. The first-order valence-corrected chi connectivity index (χ1v) is 4.38. The lowest BCUT2D eigenvalue weighted by Gasteiger charge is -2.20. The van der Waals surface area contributed by atoms with E-state index in [-0.39, 0.29) is 6.04 Å². The molecule has 2 nitrogen and oxygen atoms in total. The van der Waals surface area contributed by atoms with Crippen molar-refractivity contribution in [3.8, 4) is 0 Å². The highest BCUT2D eigenvalue weighted by molar-refractivity contribution is 7.91. The van der Waals surface area contributed by atoms with Gasteiger partial charge in [-0.2, -0.15) is 0 Å². The van der Waals surface area contributed by atoms with Gasteiger partial charge in [0.25, 0.3) is 0 Å². The molecule has 2 N–H and O–H groups in total. The third-order valence-corrected chi connectivity index (χ3v) is 2.89. The third kappa shape index (κ3) is 1.65. The topological polar surface area (TPSA) is 49.1 Å². The van der Waals surface area contributed by atoms with E-state index in [1.165, 1.54) is 0 Å². The molecule has 0 aromatic heterocycles. The van der Waals surface area contributed by atoms with Crippen LogP contribution in [0.2, 0.25) is 0 Å². The molecule has 2 unspecified atom stereocenters. The Morgan fingerprint density at radius 3 is 2.75 bits per heavy atom. The highest BCUT2D eigenvalue weighted by atomic mass is 32.2. The SMILES string of the molecule is NC1CCC[S+]([O-])C1. The molecule has 48 valence electrons. The number of hydrogen-bond acceptors (Lipinski definition) is 2. The molecule has 0 spiro atoms. The summed E-state index contributed by atoms with van der Waals surface area (Å²) in [4.78, 5) is 0. The van der Waals surface area contributed by atoms with Gasteiger partial charge in [0.2, 0.25) is 0 Å². The van der Waals surface area contributed by atoms with E-state index in [4.69, 9.17) is 5.73 Å². The Bertz CT molecular complexity index is 70.8. The van der Waals surface area contributed by atoms with Crippen molar-refractivity contribution in [3.63, 3.8) is 0 Å². The second-order valence-corrected chi connectivity index (χ2v) is 3.83. The van der Waals surface area contributed by atoms with E-state index in [2.05, 4.69) is 0 Å². The first-order valence-electron chi connectivity index (χ1n) is 2.89. The van der Waals surface area contributed by atoms with Gasteiger partial charge in [0, 0.05) is 6.04 Å². The molecule has 3 heteroatoms. The maximum absolute atomic E-state index is 10.7. The van der Waals surface area contributed by atoms with Crippen molar-refractivity contribution in [1.82, 2.24) is 0 Å². The fourth-order valence-corrected chi connectivity index (χ4v) is 2.21. The van der Waals surface area contributed by atoms with Crippen LogP contribution >= 0.6 is 0 Å².